The first kappa shape index (κ1) is 25.3. The number of esters is 1. The van der Waals surface area contributed by atoms with E-state index in [1.54, 1.807) is 0 Å². The number of carbonyl (C=O) groups excluding carboxylic acids is 2. The molecule has 1 aliphatic carbocycles. The molecule has 2 aromatic carbocycles. The lowest BCUT2D eigenvalue weighted by Crippen LogP contribution is -2.42. The lowest BCUT2D eigenvalue weighted by Gasteiger charge is -2.31. The number of rotatable bonds is 8. The molecule has 1 aliphatic rings. The van der Waals surface area contributed by atoms with Crippen molar-refractivity contribution < 1.29 is 29.0 Å². The number of hydrogen-bond donors (Lipinski definition) is 2. The second-order valence-corrected chi connectivity index (χ2v) is 9.79. The van der Waals surface area contributed by atoms with Gasteiger partial charge < -0.3 is 19.9 Å². The molecule has 1 amide bonds. The summed E-state index contributed by atoms with van der Waals surface area (Å²) in [5.74, 6) is -1.36. The highest BCUT2D eigenvalue weighted by Crippen LogP contribution is 2.43. The first-order valence-corrected chi connectivity index (χ1v) is 11.6. The Morgan fingerprint density at radius 2 is 1.59 bits per heavy atom. The summed E-state index contributed by atoms with van der Waals surface area (Å²) in [7, 11) is 0. The minimum absolute atomic E-state index is 0.0560. The smallest absolute Gasteiger partial charge is 0.408 e. The summed E-state index contributed by atoms with van der Waals surface area (Å²) in [4.78, 5) is 36.9. The van der Waals surface area contributed by atoms with Gasteiger partial charge in [0.25, 0.3) is 0 Å². The Hall–Kier alpha value is -3.35. The predicted molar refractivity (Wildman–Crippen MR) is 127 cm³/mol. The van der Waals surface area contributed by atoms with Crippen LogP contribution in [0.4, 0.5) is 4.79 Å². The van der Waals surface area contributed by atoms with Crippen molar-refractivity contribution in [3.63, 3.8) is 0 Å². The van der Waals surface area contributed by atoms with Gasteiger partial charge in [-0.2, -0.15) is 0 Å². The summed E-state index contributed by atoms with van der Waals surface area (Å²) in [5, 5.41) is 12.0. The maximum absolute atomic E-state index is 13.1. The standard InChI is InChI=1S/C27H33NO6/c1-26(2,3)34-24(31)27(15-7-8-16-27)21-13-11-19(12-14-21)17-22(23(29)30)28-25(32)33-18-20-9-5-4-6-10-20/h4-6,9-14,22H,7-8,15-18H2,1-3H3,(H,28,32)(H,29,30)/t22-/m1/s1. The van der Waals surface area contributed by atoms with E-state index >= 15 is 0 Å². The lowest BCUT2D eigenvalue weighted by atomic mass is 9.78. The summed E-state index contributed by atoms with van der Waals surface area (Å²) in [6.45, 7) is 5.64. The summed E-state index contributed by atoms with van der Waals surface area (Å²) < 4.78 is 10.9. The fraction of sp³-hybridized carbons (Fsp3) is 0.444. The van der Waals surface area contributed by atoms with Crippen LogP contribution in [-0.2, 0) is 37.5 Å². The van der Waals surface area contributed by atoms with E-state index in [1.165, 1.54) is 0 Å². The first-order chi connectivity index (χ1) is 16.1. The topological polar surface area (TPSA) is 102 Å². The molecule has 1 atom stereocenters. The maximum atomic E-state index is 13.1. The van der Waals surface area contributed by atoms with Crippen LogP contribution in [0.25, 0.3) is 0 Å². The first-order valence-electron chi connectivity index (χ1n) is 11.6. The molecule has 0 spiro atoms. The number of ether oxygens (including phenoxy) is 2. The van der Waals surface area contributed by atoms with E-state index in [2.05, 4.69) is 5.32 Å². The summed E-state index contributed by atoms with van der Waals surface area (Å²) in [6, 6.07) is 15.4. The number of alkyl carbamates (subject to hydrolysis) is 1. The van der Waals surface area contributed by atoms with Crippen molar-refractivity contribution in [1.82, 2.24) is 5.32 Å². The molecule has 7 heteroatoms. The third kappa shape index (κ3) is 6.59. The van der Waals surface area contributed by atoms with Gasteiger partial charge in [-0.15, -0.1) is 0 Å². The van der Waals surface area contributed by atoms with Crippen molar-refractivity contribution in [2.45, 2.75) is 76.5 Å². The summed E-state index contributed by atoms with van der Waals surface area (Å²) in [6.07, 6.45) is 2.67. The summed E-state index contributed by atoms with van der Waals surface area (Å²) in [5.41, 5.74) is 1.19. The van der Waals surface area contributed by atoms with E-state index in [0.29, 0.717) is 0 Å². The highest BCUT2D eigenvalue weighted by atomic mass is 16.6. The van der Waals surface area contributed by atoms with E-state index < -0.39 is 29.1 Å². The van der Waals surface area contributed by atoms with Crippen LogP contribution in [0.15, 0.2) is 54.6 Å². The highest BCUT2D eigenvalue weighted by molar-refractivity contribution is 5.84. The van der Waals surface area contributed by atoms with Gasteiger partial charge in [0.15, 0.2) is 0 Å². The number of benzene rings is 2. The van der Waals surface area contributed by atoms with Gasteiger partial charge in [0, 0.05) is 6.42 Å². The van der Waals surface area contributed by atoms with E-state index in [1.807, 2.05) is 75.4 Å². The molecular formula is C27H33NO6. The van der Waals surface area contributed by atoms with Gasteiger partial charge in [-0.05, 0) is 50.3 Å². The Morgan fingerprint density at radius 3 is 2.15 bits per heavy atom. The lowest BCUT2D eigenvalue weighted by molar-refractivity contribution is -0.162. The van der Waals surface area contributed by atoms with Crippen LogP contribution in [-0.4, -0.2) is 34.8 Å². The van der Waals surface area contributed by atoms with Crippen LogP contribution < -0.4 is 5.32 Å². The SMILES string of the molecule is CC(C)(C)OC(=O)C1(c2ccc(C[C@@H](NC(=O)OCc3ccccc3)C(=O)O)cc2)CCCC1. The fourth-order valence-corrected chi connectivity index (χ4v) is 4.27. The van der Waals surface area contributed by atoms with E-state index in [-0.39, 0.29) is 19.0 Å². The Kier molecular flexibility index (Phi) is 7.97. The highest BCUT2D eigenvalue weighted by Gasteiger charge is 2.45. The molecule has 3 rings (SSSR count). The molecule has 0 radical (unpaired) electrons. The normalized spacial score (nSPS) is 15.9. The van der Waals surface area contributed by atoms with Crippen molar-refractivity contribution in [2.24, 2.45) is 0 Å². The number of carbonyl (C=O) groups is 3. The Labute approximate surface area is 200 Å². The number of carboxylic acid groups (broad SMARTS) is 1. The van der Waals surface area contributed by atoms with Gasteiger partial charge in [0.1, 0.15) is 18.2 Å². The van der Waals surface area contributed by atoms with Gasteiger partial charge >= 0.3 is 18.0 Å². The molecule has 1 fully saturated rings. The third-order valence-corrected chi connectivity index (χ3v) is 6.00. The van der Waals surface area contributed by atoms with Gasteiger partial charge in [-0.3, -0.25) is 4.79 Å². The Bertz CT molecular complexity index is 988. The Morgan fingerprint density at radius 1 is 0.971 bits per heavy atom. The molecular weight excluding hydrogens is 434 g/mol. The number of amides is 1. The van der Waals surface area contributed by atoms with Crippen molar-refractivity contribution in [3.05, 3.63) is 71.3 Å². The molecule has 182 valence electrons. The van der Waals surface area contributed by atoms with Crippen LogP contribution in [0, 0.1) is 0 Å². The molecule has 7 nitrogen and oxygen atoms in total. The maximum Gasteiger partial charge on any atom is 0.408 e. The molecule has 0 unspecified atom stereocenters. The van der Waals surface area contributed by atoms with E-state index in [9.17, 15) is 19.5 Å². The zero-order chi connectivity index (χ0) is 24.8. The molecule has 0 aromatic heterocycles. The quantitative estimate of drug-likeness (QED) is 0.543. The van der Waals surface area contributed by atoms with Gasteiger partial charge in [-0.25, -0.2) is 9.59 Å². The van der Waals surface area contributed by atoms with Crippen LogP contribution in [0.5, 0.6) is 0 Å². The molecule has 0 heterocycles. The minimum Gasteiger partial charge on any atom is -0.480 e. The molecule has 0 bridgehead atoms. The van der Waals surface area contributed by atoms with Crippen molar-refractivity contribution in [3.8, 4) is 0 Å². The molecule has 0 saturated heterocycles. The zero-order valence-electron chi connectivity index (χ0n) is 20.0. The monoisotopic (exact) mass is 467 g/mol. The number of carboxylic acids is 1. The average Bonchev–Trinajstić information content (AvgIpc) is 3.29. The van der Waals surface area contributed by atoms with Crippen molar-refractivity contribution in [2.75, 3.05) is 0 Å². The second-order valence-electron chi connectivity index (χ2n) is 9.79. The zero-order valence-corrected chi connectivity index (χ0v) is 20.0. The van der Waals surface area contributed by atoms with Gasteiger partial charge in [-0.1, -0.05) is 67.4 Å². The van der Waals surface area contributed by atoms with Crippen molar-refractivity contribution in [1.29, 1.82) is 0 Å². The third-order valence-electron chi connectivity index (χ3n) is 6.00. The molecule has 2 aromatic rings. The van der Waals surface area contributed by atoms with Gasteiger partial charge in [0.05, 0.1) is 5.41 Å². The van der Waals surface area contributed by atoms with Crippen LogP contribution in [0.3, 0.4) is 0 Å². The largest absolute Gasteiger partial charge is 0.480 e. The average molecular weight is 468 g/mol. The minimum atomic E-state index is -1.15. The molecule has 34 heavy (non-hydrogen) atoms. The second kappa shape index (κ2) is 10.7. The van der Waals surface area contributed by atoms with Gasteiger partial charge in [0.2, 0.25) is 0 Å². The molecule has 2 N–H and O–H groups in total. The van der Waals surface area contributed by atoms with Crippen molar-refractivity contribution >= 4 is 18.0 Å². The fourth-order valence-electron chi connectivity index (χ4n) is 4.27. The number of nitrogens with one attached hydrogen (secondary N) is 1. The summed E-state index contributed by atoms with van der Waals surface area (Å²) >= 11 is 0. The van der Waals surface area contributed by atoms with Crippen LogP contribution in [0.1, 0.15) is 63.1 Å². The molecule has 1 saturated carbocycles. The molecule has 0 aliphatic heterocycles. The van der Waals surface area contributed by atoms with E-state index in [4.69, 9.17) is 9.47 Å². The number of aliphatic carboxylic acids is 1. The Balaban J connectivity index is 1.65. The van der Waals surface area contributed by atoms with E-state index in [0.717, 1.165) is 42.4 Å². The predicted octanol–water partition coefficient (Wildman–Crippen LogP) is 4.76. The van der Waals surface area contributed by atoms with Crippen LogP contribution in [0.2, 0.25) is 0 Å². The van der Waals surface area contributed by atoms with Crippen LogP contribution >= 0.6 is 0 Å². The number of hydrogen-bond acceptors (Lipinski definition) is 5.